The maximum atomic E-state index is 14.1. The van der Waals surface area contributed by atoms with Crippen LogP contribution in [0.25, 0.3) is 0 Å². The molecule has 96 valence electrons. The van der Waals surface area contributed by atoms with Crippen molar-refractivity contribution in [2.45, 2.75) is 19.4 Å². The van der Waals surface area contributed by atoms with E-state index in [0.29, 0.717) is 16.5 Å². The quantitative estimate of drug-likeness (QED) is 0.900. The third-order valence-corrected chi connectivity index (χ3v) is 3.44. The SMILES string of the molecule is CCNC(Cc1ccoc1)c1cccc(Br)c1F. The van der Waals surface area contributed by atoms with Gasteiger partial charge in [0, 0.05) is 11.6 Å². The molecule has 1 N–H and O–H groups in total. The first-order chi connectivity index (χ1) is 8.72. The highest BCUT2D eigenvalue weighted by atomic mass is 79.9. The van der Waals surface area contributed by atoms with Crippen LogP contribution < -0.4 is 5.32 Å². The van der Waals surface area contributed by atoms with Gasteiger partial charge in [0.05, 0.1) is 17.0 Å². The molecule has 1 aromatic heterocycles. The van der Waals surface area contributed by atoms with Crippen LogP contribution >= 0.6 is 15.9 Å². The van der Waals surface area contributed by atoms with Crippen molar-refractivity contribution < 1.29 is 8.81 Å². The topological polar surface area (TPSA) is 25.2 Å². The van der Waals surface area contributed by atoms with Crippen molar-refractivity contribution in [3.8, 4) is 0 Å². The highest BCUT2D eigenvalue weighted by Gasteiger charge is 2.17. The molecule has 0 saturated carbocycles. The van der Waals surface area contributed by atoms with E-state index >= 15 is 0 Å². The number of hydrogen-bond acceptors (Lipinski definition) is 2. The predicted octanol–water partition coefficient (Wildman–Crippen LogP) is 4.07. The Bertz CT molecular complexity index is 499. The summed E-state index contributed by atoms with van der Waals surface area (Å²) in [7, 11) is 0. The molecule has 0 aliphatic carbocycles. The summed E-state index contributed by atoms with van der Waals surface area (Å²) in [5.74, 6) is -0.202. The van der Waals surface area contributed by atoms with Crippen LogP contribution in [0.3, 0.4) is 0 Å². The van der Waals surface area contributed by atoms with Gasteiger partial charge in [-0.3, -0.25) is 0 Å². The molecule has 0 fully saturated rings. The van der Waals surface area contributed by atoms with Crippen molar-refractivity contribution >= 4 is 15.9 Å². The Labute approximate surface area is 114 Å². The molecule has 1 aromatic carbocycles. The van der Waals surface area contributed by atoms with Crippen LogP contribution in [0.5, 0.6) is 0 Å². The molecule has 2 nitrogen and oxygen atoms in total. The van der Waals surface area contributed by atoms with E-state index in [9.17, 15) is 4.39 Å². The van der Waals surface area contributed by atoms with Crippen LogP contribution in [-0.2, 0) is 6.42 Å². The third-order valence-electron chi connectivity index (χ3n) is 2.83. The van der Waals surface area contributed by atoms with Crippen LogP contribution in [0.15, 0.2) is 45.7 Å². The molecule has 2 aromatic rings. The van der Waals surface area contributed by atoms with Gasteiger partial charge in [-0.05, 0) is 46.6 Å². The molecule has 0 saturated heterocycles. The first kappa shape index (κ1) is 13.3. The molecule has 0 aliphatic rings. The Morgan fingerprint density at radius 3 is 2.89 bits per heavy atom. The van der Waals surface area contributed by atoms with E-state index in [0.717, 1.165) is 12.1 Å². The molecule has 18 heavy (non-hydrogen) atoms. The Hall–Kier alpha value is -1.13. The Kier molecular flexibility index (Phi) is 4.55. The van der Waals surface area contributed by atoms with E-state index in [1.807, 2.05) is 25.1 Å². The first-order valence-electron chi connectivity index (χ1n) is 5.90. The zero-order valence-corrected chi connectivity index (χ0v) is 11.7. The zero-order chi connectivity index (χ0) is 13.0. The maximum Gasteiger partial charge on any atom is 0.142 e. The molecule has 0 amide bonds. The van der Waals surface area contributed by atoms with Gasteiger partial charge in [-0.25, -0.2) is 4.39 Å². The molecule has 1 atom stereocenters. The van der Waals surface area contributed by atoms with Gasteiger partial charge in [0.25, 0.3) is 0 Å². The van der Waals surface area contributed by atoms with Gasteiger partial charge in [-0.1, -0.05) is 19.1 Å². The minimum absolute atomic E-state index is 0.0508. The molecule has 1 heterocycles. The number of hydrogen-bond donors (Lipinski definition) is 1. The molecule has 0 spiro atoms. The van der Waals surface area contributed by atoms with E-state index in [1.54, 1.807) is 18.6 Å². The predicted molar refractivity (Wildman–Crippen MR) is 72.9 cm³/mol. The maximum absolute atomic E-state index is 14.1. The van der Waals surface area contributed by atoms with E-state index < -0.39 is 0 Å². The van der Waals surface area contributed by atoms with Crippen LogP contribution in [0.4, 0.5) is 4.39 Å². The highest BCUT2D eigenvalue weighted by molar-refractivity contribution is 9.10. The number of halogens is 2. The van der Waals surface area contributed by atoms with Gasteiger partial charge >= 0.3 is 0 Å². The fraction of sp³-hybridized carbons (Fsp3) is 0.286. The summed E-state index contributed by atoms with van der Waals surface area (Å²) < 4.78 is 19.6. The fourth-order valence-corrected chi connectivity index (χ4v) is 2.35. The lowest BCUT2D eigenvalue weighted by molar-refractivity contribution is 0.503. The van der Waals surface area contributed by atoms with E-state index in [1.165, 1.54) is 0 Å². The molecular formula is C14H15BrFNO. The lowest BCUT2D eigenvalue weighted by Gasteiger charge is -2.18. The van der Waals surface area contributed by atoms with Gasteiger partial charge in [-0.15, -0.1) is 0 Å². The van der Waals surface area contributed by atoms with Crippen LogP contribution in [0.1, 0.15) is 24.1 Å². The number of rotatable bonds is 5. The number of nitrogens with one attached hydrogen (secondary N) is 1. The second-order valence-corrected chi connectivity index (χ2v) is 4.94. The average Bonchev–Trinajstić information content (AvgIpc) is 2.85. The standard InChI is InChI=1S/C14H15BrFNO/c1-2-17-13(8-10-6-7-18-9-10)11-4-3-5-12(15)14(11)16/h3-7,9,13,17H,2,8H2,1H3. The monoisotopic (exact) mass is 311 g/mol. The number of benzene rings is 1. The van der Waals surface area contributed by atoms with Gasteiger partial charge < -0.3 is 9.73 Å². The third kappa shape index (κ3) is 3.00. The smallest absolute Gasteiger partial charge is 0.142 e. The van der Waals surface area contributed by atoms with E-state index in [-0.39, 0.29) is 11.9 Å². The van der Waals surface area contributed by atoms with Crippen LogP contribution in [-0.4, -0.2) is 6.54 Å². The molecule has 0 radical (unpaired) electrons. The van der Waals surface area contributed by atoms with Gasteiger partial charge in [0.15, 0.2) is 0 Å². The minimum atomic E-state index is -0.202. The normalized spacial score (nSPS) is 12.6. The molecule has 0 aliphatic heterocycles. The minimum Gasteiger partial charge on any atom is -0.472 e. The van der Waals surface area contributed by atoms with Crippen molar-refractivity contribution in [1.29, 1.82) is 0 Å². The lowest BCUT2D eigenvalue weighted by Crippen LogP contribution is -2.23. The Morgan fingerprint density at radius 1 is 1.39 bits per heavy atom. The molecule has 1 unspecified atom stereocenters. The van der Waals surface area contributed by atoms with Crippen molar-refractivity contribution in [2.24, 2.45) is 0 Å². The van der Waals surface area contributed by atoms with Gasteiger partial charge in [-0.2, -0.15) is 0 Å². The van der Waals surface area contributed by atoms with Crippen molar-refractivity contribution in [1.82, 2.24) is 5.32 Å². The van der Waals surface area contributed by atoms with Crippen LogP contribution in [0, 0.1) is 5.82 Å². The summed E-state index contributed by atoms with van der Waals surface area (Å²) in [6.45, 7) is 2.80. The van der Waals surface area contributed by atoms with E-state index in [4.69, 9.17) is 4.42 Å². The number of likely N-dealkylation sites (N-methyl/N-ethyl adjacent to an activating group) is 1. The van der Waals surface area contributed by atoms with Crippen molar-refractivity contribution in [2.75, 3.05) is 6.54 Å². The second-order valence-electron chi connectivity index (χ2n) is 4.09. The average molecular weight is 312 g/mol. The zero-order valence-electron chi connectivity index (χ0n) is 10.1. The number of furan rings is 1. The van der Waals surface area contributed by atoms with Gasteiger partial charge in [0.1, 0.15) is 5.82 Å². The summed E-state index contributed by atoms with van der Waals surface area (Å²) >= 11 is 3.22. The van der Waals surface area contributed by atoms with Crippen molar-refractivity contribution in [3.63, 3.8) is 0 Å². The molecule has 4 heteroatoms. The lowest BCUT2D eigenvalue weighted by atomic mass is 10.00. The van der Waals surface area contributed by atoms with Crippen molar-refractivity contribution in [3.05, 3.63) is 58.2 Å². The largest absolute Gasteiger partial charge is 0.472 e. The second kappa shape index (κ2) is 6.16. The first-order valence-corrected chi connectivity index (χ1v) is 6.70. The molecular weight excluding hydrogens is 297 g/mol. The molecule has 2 rings (SSSR count). The fourth-order valence-electron chi connectivity index (χ4n) is 1.97. The van der Waals surface area contributed by atoms with Crippen LogP contribution in [0.2, 0.25) is 0 Å². The van der Waals surface area contributed by atoms with E-state index in [2.05, 4.69) is 21.2 Å². The molecule has 0 bridgehead atoms. The Balaban J connectivity index is 2.26. The summed E-state index contributed by atoms with van der Waals surface area (Å²) in [5.41, 5.74) is 1.73. The summed E-state index contributed by atoms with van der Waals surface area (Å²) in [4.78, 5) is 0. The summed E-state index contributed by atoms with van der Waals surface area (Å²) in [6.07, 6.45) is 4.04. The Morgan fingerprint density at radius 2 is 2.22 bits per heavy atom. The van der Waals surface area contributed by atoms with Gasteiger partial charge in [0.2, 0.25) is 0 Å². The summed E-state index contributed by atoms with van der Waals surface area (Å²) in [6, 6.07) is 7.22. The summed E-state index contributed by atoms with van der Waals surface area (Å²) in [5, 5.41) is 3.30. The highest BCUT2D eigenvalue weighted by Crippen LogP contribution is 2.26.